The minimum absolute atomic E-state index is 0.0421. The van der Waals surface area contributed by atoms with Crippen molar-refractivity contribution in [3.8, 4) is 11.4 Å². The zero-order chi connectivity index (χ0) is 20.1. The van der Waals surface area contributed by atoms with Crippen LogP contribution in [0.1, 0.15) is 36.3 Å². The molecule has 4 heterocycles. The maximum absolute atomic E-state index is 9.19. The van der Waals surface area contributed by atoms with Crippen molar-refractivity contribution < 1.29 is 18.8 Å². The first-order valence-corrected chi connectivity index (χ1v) is 9.72. The Labute approximate surface area is 168 Å². The van der Waals surface area contributed by atoms with Crippen molar-refractivity contribution in [1.29, 1.82) is 0 Å². The van der Waals surface area contributed by atoms with Gasteiger partial charge in [0, 0.05) is 19.9 Å². The number of nitrogens with one attached hydrogen (secondary N) is 1. The fourth-order valence-electron chi connectivity index (χ4n) is 3.57. The number of aliphatic hydroxyl groups is 1. The highest BCUT2D eigenvalue weighted by atomic mass is 16.5. The van der Waals surface area contributed by atoms with E-state index in [-0.39, 0.29) is 12.6 Å². The van der Waals surface area contributed by atoms with Gasteiger partial charge in [-0.2, -0.15) is 4.98 Å². The van der Waals surface area contributed by atoms with Crippen molar-refractivity contribution in [3.63, 3.8) is 0 Å². The summed E-state index contributed by atoms with van der Waals surface area (Å²) in [7, 11) is 1.66. The number of nitrogens with zero attached hydrogens (tertiary/aromatic N) is 4. The van der Waals surface area contributed by atoms with Crippen LogP contribution in [0.15, 0.2) is 39.4 Å². The third-order valence-electron chi connectivity index (χ3n) is 4.97. The number of aromatic nitrogens is 3. The Morgan fingerprint density at radius 3 is 3.03 bits per heavy atom. The molecule has 1 unspecified atom stereocenters. The molecule has 1 fully saturated rings. The molecule has 9 nitrogen and oxygen atoms in total. The first kappa shape index (κ1) is 19.6. The minimum Gasteiger partial charge on any atom is -0.462 e. The molecule has 29 heavy (non-hydrogen) atoms. The highest BCUT2D eigenvalue weighted by Crippen LogP contribution is 2.34. The van der Waals surface area contributed by atoms with Crippen molar-refractivity contribution in [2.75, 3.05) is 32.1 Å². The van der Waals surface area contributed by atoms with Gasteiger partial charge in [0.2, 0.25) is 11.7 Å². The second-order valence-corrected chi connectivity index (χ2v) is 6.93. The smallest absolute Gasteiger partial charge is 0.244 e. The molecule has 2 N–H and O–H groups in total. The lowest BCUT2D eigenvalue weighted by atomic mass is 10.2. The number of ether oxygens (including phenoxy) is 1. The number of likely N-dealkylation sites (tertiary alicyclic amines) is 1. The maximum Gasteiger partial charge on any atom is 0.244 e. The predicted octanol–water partition coefficient (Wildman–Crippen LogP) is 2.61. The van der Waals surface area contributed by atoms with Gasteiger partial charge in [-0.15, -0.1) is 0 Å². The van der Waals surface area contributed by atoms with E-state index in [1.165, 1.54) is 0 Å². The van der Waals surface area contributed by atoms with Gasteiger partial charge in [-0.3, -0.25) is 4.90 Å². The molecule has 0 aliphatic carbocycles. The molecular weight excluding hydrogens is 374 g/mol. The van der Waals surface area contributed by atoms with Gasteiger partial charge in [0.25, 0.3) is 0 Å². The summed E-state index contributed by atoms with van der Waals surface area (Å²) in [5.41, 5.74) is 0.793. The summed E-state index contributed by atoms with van der Waals surface area (Å²) in [5.74, 6) is 3.20. The van der Waals surface area contributed by atoms with Crippen LogP contribution in [-0.2, 0) is 17.9 Å². The molecule has 1 aliphatic heterocycles. The van der Waals surface area contributed by atoms with Crippen molar-refractivity contribution in [2.24, 2.45) is 0 Å². The summed E-state index contributed by atoms with van der Waals surface area (Å²) in [6.07, 6.45) is 3.72. The van der Waals surface area contributed by atoms with E-state index in [0.29, 0.717) is 43.0 Å². The number of methoxy groups -OCH3 is 1. The molecule has 4 rings (SSSR count). The summed E-state index contributed by atoms with van der Waals surface area (Å²) < 4.78 is 16.3. The van der Waals surface area contributed by atoms with E-state index in [0.717, 1.165) is 30.7 Å². The van der Waals surface area contributed by atoms with Gasteiger partial charge in [-0.25, -0.2) is 4.98 Å². The number of hydrogen-bond donors (Lipinski definition) is 2. The number of rotatable bonds is 9. The van der Waals surface area contributed by atoms with E-state index in [1.807, 2.05) is 18.2 Å². The van der Waals surface area contributed by atoms with E-state index in [4.69, 9.17) is 13.7 Å². The number of aliphatic hydroxyl groups excluding tert-OH is 1. The number of anilines is 1. The second-order valence-electron chi connectivity index (χ2n) is 6.93. The van der Waals surface area contributed by atoms with Gasteiger partial charge in [0.1, 0.15) is 23.9 Å². The summed E-state index contributed by atoms with van der Waals surface area (Å²) in [6.45, 7) is 2.69. The summed E-state index contributed by atoms with van der Waals surface area (Å²) >= 11 is 0. The average molecular weight is 399 g/mol. The number of pyridine rings is 1. The van der Waals surface area contributed by atoms with Gasteiger partial charge >= 0.3 is 0 Å². The lowest BCUT2D eigenvalue weighted by Crippen LogP contribution is -2.22. The molecule has 1 aliphatic rings. The third-order valence-corrected chi connectivity index (χ3v) is 4.97. The molecule has 1 atom stereocenters. The minimum atomic E-state index is -0.0949. The third kappa shape index (κ3) is 4.47. The van der Waals surface area contributed by atoms with Crippen LogP contribution in [0, 0.1) is 0 Å². The van der Waals surface area contributed by atoms with Crippen molar-refractivity contribution in [3.05, 3.63) is 47.9 Å². The lowest BCUT2D eigenvalue weighted by molar-refractivity contribution is 0.182. The zero-order valence-corrected chi connectivity index (χ0v) is 16.4. The molecule has 1 saturated heterocycles. The van der Waals surface area contributed by atoms with Crippen LogP contribution in [0.4, 0.5) is 5.82 Å². The fourth-order valence-corrected chi connectivity index (χ4v) is 3.57. The van der Waals surface area contributed by atoms with Gasteiger partial charge in [-0.05, 0) is 43.7 Å². The van der Waals surface area contributed by atoms with E-state index in [1.54, 1.807) is 19.4 Å². The quantitative estimate of drug-likeness (QED) is 0.525. The highest BCUT2D eigenvalue weighted by Gasteiger charge is 2.31. The number of hydrogen-bond acceptors (Lipinski definition) is 9. The van der Waals surface area contributed by atoms with Crippen LogP contribution < -0.4 is 5.32 Å². The summed E-state index contributed by atoms with van der Waals surface area (Å²) in [6, 6.07) is 7.51. The Morgan fingerprint density at radius 2 is 2.21 bits per heavy atom. The Kier molecular flexibility index (Phi) is 6.18. The summed E-state index contributed by atoms with van der Waals surface area (Å²) in [4.78, 5) is 11.3. The van der Waals surface area contributed by atoms with Crippen LogP contribution >= 0.6 is 0 Å². The monoisotopic (exact) mass is 399 g/mol. The van der Waals surface area contributed by atoms with Gasteiger partial charge < -0.3 is 24.1 Å². The van der Waals surface area contributed by atoms with E-state index in [2.05, 4.69) is 25.3 Å². The zero-order valence-electron chi connectivity index (χ0n) is 16.4. The maximum atomic E-state index is 9.19. The molecule has 3 aromatic heterocycles. The average Bonchev–Trinajstić information content (AvgIpc) is 3.49. The first-order chi connectivity index (χ1) is 14.3. The predicted molar refractivity (Wildman–Crippen MR) is 105 cm³/mol. The second kappa shape index (κ2) is 9.17. The fraction of sp³-hybridized carbons (Fsp3) is 0.450. The normalized spacial score (nSPS) is 17.1. The van der Waals surface area contributed by atoms with Crippen molar-refractivity contribution in [2.45, 2.75) is 32.0 Å². The standard InChI is InChI=1S/C20H25N5O4/c1-27-11-9-22-18-16(4-2-8-21-18)19-23-20(29-24-19)17-5-3-10-25(17)12-14-6-7-15(13-26)28-14/h2,4,6-8,17,26H,3,5,9-13H2,1H3,(H,21,22). The largest absolute Gasteiger partial charge is 0.462 e. The molecule has 0 saturated carbocycles. The molecule has 0 amide bonds. The lowest BCUT2D eigenvalue weighted by Gasteiger charge is -2.19. The van der Waals surface area contributed by atoms with E-state index >= 15 is 0 Å². The van der Waals surface area contributed by atoms with Crippen LogP contribution in [-0.4, -0.2) is 51.9 Å². The van der Waals surface area contributed by atoms with Gasteiger partial charge in [0.05, 0.1) is 24.8 Å². The molecule has 3 aromatic rings. The molecule has 0 spiro atoms. The highest BCUT2D eigenvalue weighted by molar-refractivity contribution is 5.69. The SMILES string of the molecule is COCCNc1ncccc1-c1noc(C2CCCN2Cc2ccc(CO)o2)n1. The van der Waals surface area contributed by atoms with Crippen LogP contribution in [0.25, 0.3) is 11.4 Å². The van der Waals surface area contributed by atoms with Gasteiger partial charge in [-0.1, -0.05) is 5.16 Å². The Balaban J connectivity index is 1.49. The molecule has 9 heteroatoms. The Hall–Kier alpha value is -2.75. The van der Waals surface area contributed by atoms with Crippen molar-refractivity contribution in [1.82, 2.24) is 20.0 Å². The van der Waals surface area contributed by atoms with E-state index in [9.17, 15) is 5.11 Å². The van der Waals surface area contributed by atoms with Crippen molar-refractivity contribution >= 4 is 5.82 Å². The molecule has 0 bridgehead atoms. The first-order valence-electron chi connectivity index (χ1n) is 9.72. The molecular formula is C20H25N5O4. The molecule has 0 radical (unpaired) electrons. The van der Waals surface area contributed by atoms with Crippen LogP contribution in [0.5, 0.6) is 0 Å². The van der Waals surface area contributed by atoms with E-state index < -0.39 is 0 Å². The Bertz CT molecular complexity index is 925. The van der Waals surface area contributed by atoms with Crippen LogP contribution in [0.2, 0.25) is 0 Å². The number of furan rings is 1. The summed E-state index contributed by atoms with van der Waals surface area (Å²) in [5, 5.41) is 16.6. The molecule has 0 aromatic carbocycles. The van der Waals surface area contributed by atoms with Gasteiger partial charge in [0.15, 0.2) is 0 Å². The Morgan fingerprint density at radius 1 is 1.31 bits per heavy atom. The topological polar surface area (TPSA) is 110 Å². The molecule has 154 valence electrons. The van der Waals surface area contributed by atoms with Crippen LogP contribution in [0.3, 0.4) is 0 Å².